The zero-order valence-electron chi connectivity index (χ0n) is 9.94. The summed E-state index contributed by atoms with van der Waals surface area (Å²) in [6.07, 6.45) is -3.29. The van der Waals surface area contributed by atoms with Crippen LogP contribution >= 0.6 is 0 Å². The number of hydrogen-bond donors (Lipinski definition) is 1. The number of pyridine rings is 1. The van der Waals surface area contributed by atoms with Crippen molar-refractivity contribution >= 4 is 5.82 Å². The molecule has 1 aromatic heterocycles. The van der Waals surface area contributed by atoms with Gasteiger partial charge in [-0.2, -0.15) is 13.2 Å². The molecule has 0 unspecified atom stereocenters. The van der Waals surface area contributed by atoms with Crippen molar-refractivity contribution < 1.29 is 23.0 Å². The summed E-state index contributed by atoms with van der Waals surface area (Å²) in [5.41, 5.74) is -0.757. The van der Waals surface area contributed by atoms with Gasteiger partial charge in [0.25, 0.3) is 0 Å². The minimum Gasteiger partial charge on any atom is -0.395 e. The number of halogens is 3. The van der Waals surface area contributed by atoms with Crippen LogP contribution in [0.2, 0.25) is 0 Å². The quantitative estimate of drug-likeness (QED) is 0.846. The molecule has 0 fully saturated rings. The Morgan fingerprint density at radius 2 is 2.11 bits per heavy atom. The van der Waals surface area contributed by atoms with Gasteiger partial charge < -0.3 is 14.7 Å². The number of aromatic nitrogens is 1. The Hall–Kier alpha value is -1.34. The molecule has 0 spiro atoms. The van der Waals surface area contributed by atoms with E-state index in [1.807, 2.05) is 0 Å². The normalized spacial score (nSPS) is 11.6. The summed E-state index contributed by atoms with van der Waals surface area (Å²) in [5, 5.41) is 8.89. The number of nitrogens with zero attached hydrogens (tertiary/aromatic N) is 2. The predicted octanol–water partition coefficient (Wildman–Crippen LogP) is 1.55. The summed E-state index contributed by atoms with van der Waals surface area (Å²) in [4.78, 5) is 5.42. The molecule has 0 aliphatic carbocycles. The maximum absolute atomic E-state index is 12.5. The third kappa shape index (κ3) is 4.15. The molecule has 0 aliphatic rings. The topological polar surface area (TPSA) is 45.6 Å². The molecule has 1 heterocycles. The van der Waals surface area contributed by atoms with E-state index in [1.165, 1.54) is 7.11 Å². The Balaban J connectivity index is 2.90. The zero-order valence-corrected chi connectivity index (χ0v) is 9.94. The first kappa shape index (κ1) is 14.7. The van der Waals surface area contributed by atoms with E-state index in [-0.39, 0.29) is 19.0 Å². The van der Waals surface area contributed by atoms with Gasteiger partial charge in [0.15, 0.2) is 0 Å². The van der Waals surface area contributed by atoms with Crippen LogP contribution in [0, 0.1) is 0 Å². The highest BCUT2D eigenvalue weighted by atomic mass is 19.4. The number of alkyl halides is 3. The van der Waals surface area contributed by atoms with Crippen LogP contribution in [0.3, 0.4) is 0 Å². The van der Waals surface area contributed by atoms with Gasteiger partial charge in [-0.1, -0.05) is 0 Å². The van der Waals surface area contributed by atoms with E-state index in [4.69, 9.17) is 9.84 Å². The Morgan fingerprint density at radius 3 is 2.67 bits per heavy atom. The van der Waals surface area contributed by atoms with Gasteiger partial charge in [0, 0.05) is 26.4 Å². The summed E-state index contributed by atoms with van der Waals surface area (Å²) in [6, 6.07) is 1.88. The number of rotatable bonds is 6. The number of hydrogen-bond acceptors (Lipinski definition) is 4. The zero-order chi connectivity index (χ0) is 13.6. The average Bonchev–Trinajstić information content (AvgIpc) is 2.33. The standard InChI is InChI=1S/C11H15F3N2O2/c1-18-7-5-16(4-6-17)10-8-9(2-3-15-10)11(12,13)14/h2-3,8,17H,4-7H2,1H3. The molecule has 0 saturated heterocycles. The highest BCUT2D eigenvalue weighted by Gasteiger charge is 2.31. The molecule has 102 valence electrons. The highest BCUT2D eigenvalue weighted by Crippen LogP contribution is 2.30. The Kier molecular flexibility index (Phi) is 5.36. The third-order valence-electron chi connectivity index (χ3n) is 2.33. The average molecular weight is 264 g/mol. The van der Waals surface area contributed by atoms with Crippen LogP contribution in [0.4, 0.5) is 19.0 Å². The highest BCUT2D eigenvalue weighted by molar-refractivity contribution is 5.41. The maximum atomic E-state index is 12.5. The molecule has 18 heavy (non-hydrogen) atoms. The van der Waals surface area contributed by atoms with Gasteiger partial charge in [0.2, 0.25) is 0 Å². The van der Waals surface area contributed by atoms with Crippen LogP contribution in [0.5, 0.6) is 0 Å². The van der Waals surface area contributed by atoms with Crippen LogP contribution in [-0.4, -0.2) is 43.5 Å². The lowest BCUT2D eigenvalue weighted by Gasteiger charge is -2.23. The van der Waals surface area contributed by atoms with Crippen LogP contribution < -0.4 is 4.90 Å². The number of ether oxygens (including phenoxy) is 1. The van der Waals surface area contributed by atoms with Crippen LogP contribution in [0.1, 0.15) is 5.56 Å². The summed E-state index contributed by atoms with van der Waals surface area (Å²) in [6.45, 7) is 0.753. The van der Waals surface area contributed by atoms with E-state index in [2.05, 4.69) is 4.98 Å². The van der Waals surface area contributed by atoms with Crippen molar-refractivity contribution in [3.8, 4) is 0 Å². The van der Waals surface area contributed by atoms with Crippen LogP contribution in [0.15, 0.2) is 18.3 Å². The van der Waals surface area contributed by atoms with Gasteiger partial charge in [-0.3, -0.25) is 0 Å². The van der Waals surface area contributed by atoms with Gasteiger partial charge in [0.05, 0.1) is 18.8 Å². The summed E-state index contributed by atoms with van der Waals surface area (Å²) in [5.74, 6) is 0.177. The molecular formula is C11H15F3N2O2. The molecule has 1 rings (SSSR count). The minimum absolute atomic E-state index is 0.165. The van der Waals surface area contributed by atoms with Crippen molar-refractivity contribution in [2.75, 3.05) is 38.3 Å². The Bertz CT molecular complexity index is 372. The molecule has 1 aromatic rings. The van der Waals surface area contributed by atoms with E-state index in [1.54, 1.807) is 4.90 Å². The lowest BCUT2D eigenvalue weighted by atomic mass is 10.2. The molecule has 7 heteroatoms. The van der Waals surface area contributed by atoms with E-state index >= 15 is 0 Å². The van der Waals surface area contributed by atoms with Crippen molar-refractivity contribution in [3.63, 3.8) is 0 Å². The molecular weight excluding hydrogens is 249 g/mol. The van der Waals surface area contributed by atoms with Crippen LogP contribution in [-0.2, 0) is 10.9 Å². The smallest absolute Gasteiger partial charge is 0.395 e. The minimum atomic E-state index is -4.40. The van der Waals surface area contributed by atoms with Gasteiger partial charge in [-0.25, -0.2) is 4.98 Å². The van der Waals surface area contributed by atoms with Crippen LogP contribution in [0.25, 0.3) is 0 Å². The van der Waals surface area contributed by atoms with Gasteiger partial charge >= 0.3 is 6.18 Å². The lowest BCUT2D eigenvalue weighted by Crippen LogP contribution is -2.31. The fourth-order valence-corrected chi connectivity index (χ4v) is 1.43. The molecule has 0 saturated carbocycles. The molecule has 0 atom stereocenters. The van der Waals surface area contributed by atoms with Gasteiger partial charge in [-0.05, 0) is 12.1 Å². The Labute approximate surface area is 103 Å². The molecule has 4 nitrogen and oxygen atoms in total. The SMILES string of the molecule is COCCN(CCO)c1cc(C(F)(F)F)ccn1. The van der Waals surface area contributed by atoms with Gasteiger partial charge in [0.1, 0.15) is 5.82 Å². The first-order valence-corrected chi connectivity index (χ1v) is 5.37. The molecule has 0 bridgehead atoms. The maximum Gasteiger partial charge on any atom is 0.416 e. The fourth-order valence-electron chi connectivity index (χ4n) is 1.43. The first-order chi connectivity index (χ1) is 8.49. The summed E-state index contributed by atoms with van der Waals surface area (Å²) >= 11 is 0. The predicted molar refractivity (Wildman–Crippen MR) is 60.4 cm³/mol. The second-order valence-corrected chi connectivity index (χ2v) is 3.60. The number of aliphatic hydroxyl groups excluding tert-OH is 1. The first-order valence-electron chi connectivity index (χ1n) is 5.37. The molecule has 0 aromatic carbocycles. The van der Waals surface area contributed by atoms with Crippen molar-refractivity contribution in [3.05, 3.63) is 23.9 Å². The van der Waals surface area contributed by atoms with Crippen molar-refractivity contribution in [1.29, 1.82) is 0 Å². The molecule has 0 aliphatic heterocycles. The van der Waals surface area contributed by atoms with Gasteiger partial charge in [-0.15, -0.1) is 0 Å². The van der Waals surface area contributed by atoms with Crippen molar-refractivity contribution in [2.24, 2.45) is 0 Å². The number of anilines is 1. The largest absolute Gasteiger partial charge is 0.416 e. The third-order valence-corrected chi connectivity index (χ3v) is 2.33. The van der Waals surface area contributed by atoms with E-state index in [9.17, 15) is 13.2 Å². The second-order valence-electron chi connectivity index (χ2n) is 3.60. The van der Waals surface area contributed by atoms with E-state index in [0.29, 0.717) is 13.2 Å². The monoisotopic (exact) mass is 264 g/mol. The summed E-state index contributed by atoms with van der Waals surface area (Å²) < 4.78 is 42.5. The number of methoxy groups -OCH3 is 1. The molecule has 1 N–H and O–H groups in total. The van der Waals surface area contributed by atoms with Crippen molar-refractivity contribution in [2.45, 2.75) is 6.18 Å². The Morgan fingerprint density at radius 1 is 1.39 bits per heavy atom. The molecule has 0 radical (unpaired) electrons. The van der Waals surface area contributed by atoms with E-state index in [0.717, 1.165) is 18.3 Å². The molecule has 0 amide bonds. The lowest BCUT2D eigenvalue weighted by molar-refractivity contribution is -0.137. The second kappa shape index (κ2) is 6.55. The van der Waals surface area contributed by atoms with E-state index < -0.39 is 11.7 Å². The fraction of sp³-hybridized carbons (Fsp3) is 0.545. The number of aliphatic hydroxyl groups is 1. The van der Waals surface area contributed by atoms with Crippen molar-refractivity contribution in [1.82, 2.24) is 4.98 Å². The summed E-state index contributed by atoms with van der Waals surface area (Å²) in [7, 11) is 1.50.